The predicted octanol–water partition coefficient (Wildman–Crippen LogP) is 4.21. The topological polar surface area (TPSA) is 35.2 Å². The van der Waals surface area contributed by atoms with Gasteiger partial charge in [0.1, 0.15) is 17.3 Å². The molecule has 0 saturated heterocycles. The van der Waals surface area contributed by atoms with E-state index in [1.165, 1.54) is 17.7 Å². The van der Waals surface area contributed by atoms with Crippen LogP contribution in [0.1, 0.15) is 24.5 Å². The summed E-state index contributed by atoms with van der Waals surface area (Å²) in [4.78, 5) is 0. The van der Waals surface area contributed by atoms with Crippen LogP contribution in [0.25, 0.3) is 0 Å². The minimum Gasteiger partial charge on any atom is -0.457 e. The molecule has 2 rings (SSSR count). The Balaban J connectivity index is 2.09. The van der Waals surface area contributed by atoms with E-state index < -0.39 is 0 Å². The monoisotopic (exact) mass is 273 g/mol. The molecule has 3 heteroatoms. The van der Waals surface area contributed by atoms with Gasteiger partial charge in [-0.1, -0.05) is 25.1 Å². The largest absolute Gasteiger partial charge is 0.457 e. The highest BCUT2D eigenvalue weighted by Crippen LogP contribution is 2.26. The minimum absolute atomic E-state index is 0.187. The van der Waals surface area contributed by atoms with Crippen LogP contribution < -0.4 is 10.5 Å². The fraction of sp³-hybridized carbons (Fsp3) is 0.294. The summed E-state index contributed by atoms with van der Waals surface area (Å²) in [5.41, 5.74) is 8.02. The normalized spacial score (nSPS) is 12.2. The van der Waals surface area contributed by atoms with Crippen LogP contribution in [0.15, 0.2) is 42.5 Å². The van der Waals surface area contributed by atoms with Gasteiger partial charge in [0.2, 0.25) is 0 Å². The van der Waals surface area contributed by atoms with E-state index >= 15 is 0 Å². The average Bonchev–Trinajstić information content (AvgIpc) is 2.45. The van der Waals surface area contributed by atoms with Gasteiger partial charge < -0.3 is 10.5 Å². The SMILES string of the molecule is CCC(N)Cc1ccc(Oc2cc(F)ccc2C)cc1. The zero-order chi connectivity index (χ0) is 14.5. The van der Waals surface area contributed by atoms with Crippen molar-refractivity contribution in [2.24, 2.45) is 5.73 Å². The van der Waals surface area contributed by atoms with Crippen molar-refractivity contribution in [3.63, 3.8) is 0 Å². The zero-order valence-electron chi connectivity index (χ0n) is 11.9. The Morgan fingerprint density at radius 2 is 1.85 bits per heavy atom. The first-order chi connectivity index (χ1) is 9.58. The molecule has 2 N–H and O–H groups in total. The first-order valence-electron chi connectivity index (χ1n) is 6.87. The average molecular weight is 273 g/mol. The third kappa shape index (κ3) is 3.81. The maximum Gasteiger partial charge on any atom is 0.133 e. The van der Waals surface area contributed by atoms with Gasteiger partial charge in [0.05, 0.1) is 0 Å². The summed E-state index contributed by atoms with van der Waals surface area (Å²) in [7, 11) is 0. The van der Waals surface area contributed by atoms with E-state index in [9.17, 15) is 4.39 Å². The third-order valence-electron chi connectivity index (χ3n) is 3.32. The van der Waals surface area contributed by atoms with Gasteiger partial charge in [-0.05, 0) is 49.1 Å². The molecular weight excluding hydrogens is 253 g/mol. The highest BCUT2D eigenvalue weighted by Gasteiger charge is 2.05. The van der Waals surface area contributed by atoms with Gasteiger partial charge in [-0.3, -0.25) is 0 Å². The molecule has 1 atom stereocenters. The predicted molar refractivity (Wildman–Crippen MR) is 79.6 cm³/mol. The first-order valence-corrected chi connectivity index (χ1v) is 6.87. The fourth-order valence-corrected chi connectivity index (χ4v) is 1.95. The van der Waals surface area contributed by atoms with Gasteiger partial charge in [0, 0.05) is 12.1 Å². The molecule has 0 aromatic heterocycles. The molecule has 0 amide bonds. The van der Waals surface area contributed by atoms with Gasteiger partial charge >= 0.3 is 0 Å². The van der Waals surface area contributed by atoms with Crippen molar-refractivity contribution < 1.29 is 9.13 Å². The van der Waals surface area contributed by atoms with E-state index in [0.717, 1.165) is 18.4 Å². The summed E-state index contributed by atoms with van der Waals surface area (Å²) in [6.07, 6.45) is 1.82. The Bertz CT molecular complexity index is 566. The van der Waals surface area contributed by atoms with Crippen LogP contribution in [-0.2, 0) is 6.42 Å². The number of ether oxygens (including phenoxy) is 1. The molecule has 0 heterocycles. The maximum absolute atomic E-state index is 13.2. The molecule has 2 nitrogen and oxygen atoms in total. The molecule has 0 radical (unpaired) electrons. The number of rotatable bonds is 5. The summed E-state index contributed by atoms with van der Waals surface area (Å²) >= 11 is 0. The minimum atomic E-state index is -0.295. The van der Waals surface area contributed by atoms with Gasteiger partial charge in [0.25, 0.3) is 0 Å². The molecule has 0 fully saturated rings. The molecule has 0 saturated carbocycles. The van der Waals surface area contributed by atoms with Crippen molar-refractivity contribution in [1.82, 2.24) is 0 Å². The summed E-state index contributed by atoms with van der Waals surface area (Å²) in [5, 5.41) is 0. The molecule has 2 aromatic rings. The first kappa shape index (κ1) is 14.5. The zero-order valence-corrected chi connectivity index (χ0v) is 11.9. The lowest BCUT2D eigenvalue weighted by atomic mass is 10.0. The van der Waals surface area contributed by atoms with Crippen molar-refractivity contribution >= 4 is 0 Å². The van der Waals surface area contributed by atoms with Crippen LogP contribution in [0.2, 0.25) is 0 Å². The van der Waals surface area contributed by atoms with Gasteiger partial charge in [0.15, 0.2) is 0 Å². The molecular formula is C17H20FNO. The van der Waals surface area contributed by atoms with Gasteiger partial charge in [-0.2, -0.15) is 0 Å². The summed E-state index contributed by atoms with van der Waals surface area (Å²) in [6.45, 7) is 3.97. The Labute approximate surface area is 119 Å². The standard InChI is InChI=1S/C17H20FNO/c1-3-15(19)10-13-5-8-16(9-6-13)20-17-11-14(18)7-4-12(17)2/h4-9,11,15H,3,10,19H2,1-2H3. The van der Waals surface area contributed by atoms with Gasteiger partial charge in [-0.15, -0.1) is 0 Å². The molecule has 2 aromatic carbocycles. The second-order valence-electron chi connectivity index (χ2n) is 5.03. The quantitative estimate of drug-likeness (QED) is 0.885. The van der Waals surface area contributed by atoms with Crippen LogP contribution in [-0.4, -0.2) is 6.04 Å². The maximum atomic E-state index is 13.2. The van der Waals surface area contributed by atoms with Crippen molar-refractivity contribution in [3.8, 4) is 11.5 Å². The molecule has 0 aliphatic carbocycles. The number of aryl methyl sites for hydroxylation is 1. The summed E-state index contributed by atoms with van der Waals surface area (Å²) in [5.74, 6) is 0.951. The van der Waals surface area contributed by atoms with Gasteiger partial charge in [-0.25, -0.2) is 4.39 Å². The Kier molecular flexibility index (Phi) is 4.74. The van der Waals surface area contributed by atoms with E-state index in [4.69, 9.17) is 10.5 Å². The van der Waals surface area contributed by atoms with Crippen LogP contribution in [0.5, 0.6) is 11.5 Å². The number of halogens is 1. The summed E-state index contributed by atoms with van der Waals surface area (Å²) in [6, 6.07) is 12.5. The van der Waals surface area contributed by atoms with E-state index in [0.29, 0.717) is 11.5 Å². The lowest BCUT2D eigenvalue weighted by Crippen LogP contribution is -2.21. The molecule has 1 unspecified atom stereocenters. The third-order valence-corrected chi connectivity index (χ3v) is 3.32. The second kappa shape index (κ2) is 6.53. The summed E-state index contributed by atoms with van der Waals surface area (Å²) < 4.78 is 18.9. The van der Waals surface area contributed by atoms with Crippen LogP contribution >= 0.6 is 0 Å². The van der Waals surface area contributed by atoms with Crippen LogP contribution in [0, 0.1) is 12.7 Å². The van der Waals surface area contributed by atoms with E-state index in [-0.39, 0.29) is 11.9 Å². The Hall–Kier alpha value is -1.87. The molecule has 0 bridgehead atoms. The molecule has 0 aliphatic rings. The number of nitrogens with two attached hydrogens (primary N) is 1. The van der Waals surface area contributed by atoms with Crippen LogP contribution in [0.3, 0.4) is 0 Å². The highest BCUT2D eigenvalue weighted by atomic mass is 19.1. The molecule has 106 valence electrons. The van der Waals surface area contributed by atoms with Crippen LogP contribution in [0.4, 0.5) is 4.39 Å². The molecule has 0 spiro atoms. The van der Waals surface area contributed by atoms with Crippen molar-refractivity contribution in [2.75, 3.05) is 0 Å². The number of hydrogen-bond acceptors (Lipinski definition) is 2. The number of hydrogen-bond donors (Lipinski definition) is 1. The molecule has 0 aliphatic heterocycles. The Morgan fingerprint density at radius 1 is 1.15 bits per heavy atom. The molecule has 20 heavy (non-hydrogen) atoms. The lowest BCUT2D eigenvalue weighted by molar-refractivity contribution is 0.472. The van der Waals surface area contributed by atoms with E-state index in [1.807, 2.05) is 31.2 Å². The lowest BCUT2D eigenvalue weighted by Gasteiger charge is -2.11. The van der Waals surface area contributed by atoms with Crippen molar-refractivity contribution in [1.29, 1.82) is 0 Å². The Morgan fingerprint density at radius 3 is 2.50 bits per heavy atom. The highest BCUT2D eigenvalue weighted by molar-refractivity contribution is 5.38. The van der Waals surface area contributed by atoms with E-state index in [2.05, 4.69) is 6.92 Å². The van der Waals surface area contributed by atoms with Crippen molar-refractivity contribution in [2.45, 2.75) is 32.7 Å². The van der Waals surface area contributed by atoms with Crippen molar-refractivity contribution in [3.05, 3.63) is 59.4 Å². The van der Waals surface area contributed by atoms with E-state index in [1.54, 1.807) is 6.07 Å². The second-order valence-corrected chi connectivity index (χ2v) is 5.03. The smallest absolute Gasteiger partial charge is 0.133 e. The fourth-order valence-electron chi connectivity index (χ4n) is 1.95. The number of benzene rings is 2.